The molecule has 1 heterocycles. The molecule has 0 aromatic heterocycles. The summed E-state index contributed by atoms with van der Waals surface area (Å²) in [7, 11) is 0. The minimum absolute atomic E-state index is 0.114. The molecule has 0 saturated carbocycles. The number of benzene rings is 1. The SMILES string of the molecule is CCCN1CCC(Oc2ccc(F)c(F)c2)CC1. The van der Waals surface area contributed by atoms with Crippen molar-refractivity contribution in [2.75, 3.05) is 19.6 Å². The lowest BCUT2D eigenvalue weighted by molar-refractivity contribution is 0.100. The van der Waals surface area contributed by atoms with Crippen LogP contribution >= 0.6 is 0 Å². The van der Waals surface area contributed by atoms with Crippen LogP contribution in [-0.2, 0) is 0 Å². The lowest BCUT2D eigenvalue weighted by Crippen LogP contribution is -2.38. The number of rotatable bonds is 4. The van der Waals surface area contributed by atoms with Crippen LogP contribution in [0.25, 0.3) is 0 Å². The van der Waals surface area contributed by atoms with Gasteiger partial charge in [0, 0.05) is 19.2 Å². The maximum Gasteiger partial charge on any atom is 0.162 e. The van der Waals surface area contributed by atoms with E-state index >= 15 is 0 Å². The molecule has 0 radical (unpaired) electrons. The molecule has 4 heteroatoms. The van der Waals surface area contributed by atoms with Crippen molar-refractivity contribution in [3.63, 3.8) is 0 Å². The highest BCUT2D eigenvalue weighted by molar-refractivity contribution is 5.23. The third kappa shape index (κ3) is 3.42. The number of likely N-dealkylation sites (tertiary alicyclic amines) is 1. The van der Waals surface area contributed by atoms with Crippen molar-refractivity contribution in [2.45, 2.75) is 32.3 Å². The molecule has 1 saturated heterocycles. The zero-order valence-corrected chi connectivity index (χ0v) is 10.7. The molecule has 18 heavy (non-hydrogen) atoms. The van der Waals surface area contributed by atoms with Gasteiger partial charge in [-0.1, -0.05) is 6.92 Å². The highest BCUT2D eigenvalue weighted by Gasteiger charge is 2.20. The number of piperidine rings is 1. The molecule has 1 aliphatic rings. The van der Waals surface area contributed by atoms with Gasteiger partial charge in [-0.3, -0.25) is 0 Å². The van der Waals surface area contributed by atoms with Gasteiger partial charge in [-0.15, -0.1) is 0 Å². The highest BCUT2D eigenvalue weighted by atomic mass is 19.2. The van der Waals surface area contributed by atoms with Crippen LogP contribution in [0.1, 0.15) is 26.2 Å². The van der Waals surface area contributed by atoms with E-state index < -0.39 is 11.6 Å². The summed E-state index contributed by atoms with van der Waals surface area (Å²) >= 11 is 0. The Morgan fingerprint density at radius 2 is 1.94 bits per heavy atom. The van der Waals surface area contributed by atoms with Crippen molar-refractivity contribution in [1.29, 1.82) is 0 Å². The van der Waals surface area contributed by atoms with Gasteiger partial charge in [-0.2, -0.15) is 0 Å². The molecule has 0 spiro atoms. The minimum atomic E-state index is -0.851. The minimum Gasteiger partial charge on any atom is -0.490 e. The van der Waals surface area contributed by atoms with Crippen molar-refractivity contribution in [3.05, 3.63) is 29.8 Å². The summed E-state index contributed by atoms with van der Waals surface area (Å²) in [5.41, 5.74) is 0. The van der Waals surface area contributed by atoms with Crippen LogP contribution in [0, 0.1) is 11.6 Å². The fourth-order valence-electron chi connectivity index (χ4n) is 2.31. The van der Waals surface area contributed by atoms with E-state index in [-0.39, 0.29) is 6.10 Å². The smallest absolute Gasteiger partial charge is 0.162 e. The Labute approximate surface area is 107 Å². The molecule has 0 aliphatic carbocycles. The zero-order chi connectivity index (χ0) is 13.0. The first kappa shape index (κ1) is 13.3. The summed E-state index contributed by atoms with van der Waals surface area (Å²) in [6, 6.07) is 3.71. The second-order valence-corrected chi connectivity index (χ2v) is 4.73. The summed E-state index contributed by atoms with van der Waals surface area (Å²) in [5, 5.41) is 0. The van der Waals surface area contributed by atoms with Gasteiger partial charge in [0.25, 0.3) is 0 Å². The van der Waals surface area contributed by atoms with E-state index in [0.717, 1.165) is 51.0 Å². The van der Waals surface area contributed by atoms with Crippen LogP contribution in [0.2, 0.25) is 0 Å². The zero-order valence-electron chi connectivity index (χ0n) is 10.7. The molecule has 2 rings (SSSR count). The van der Waals surface area contributed by atoms with Gasteiger partial charge < -0.3 is 9.64 Å². The van der Waals surface area contributed by atoms with Crippen molar-refractivity contribution in [2.24, 2.45) is 0 Å². The third-order valence-corrected chi connectivity index (χ3v) is 3.27. The monoisotopic (exact) mass is 255 g/mol. The number of nitrogens with zero attached hydrogens (tertiary/aromatic N) is 1. The van der Waals surface area contributed by atoms with Gasteiger partial charge in [-0.25, -0.2) is 8.78 Å². The Balaban J connectivity index is 1.85. The predicted molar refractivity (Wildman–Crippen MR) is 66.7 cm³/mol. The Bertz CT molecular complexity index is 389. The molecule has 1 aliphatic heterocycles. The van der Waals surface area contributed by atoms with Crippen molar-refractivity contribution in [3.8, 4) is 5.75 Å². The van der Waals surface area contributed by atoms with Crippen LogP contribution in [0.5, 0.6) is 5.75 Å². The Kier molecular flexibility index (Phi) is 4.53. The first-order chi connectivity index (χ1) is 8.69. The number of hydrogen-bond acceptors (Lipinski definition) is 2. The lowest BCUT2D eigenvalue weighted by Gasteiger charge is -2.31. The van der Waals surface area contributed by atoms with E-state index in [1.54, 1.807) is 0 Å². The standard InChI is InChI=1S/C14H19F2NO/c1-2-7-17-8-5-11(6-9-17)18-12-3-4-13(15)14(16)10-12/h3-4,10-11H,2,5-9H2,1H3. The van der Waals surface area contributed by atoms with Gasteiger partial charge >= 0.3 is 0 Å². The highest BCUT2D eigenvalue weighted by Crippen LogP contribution is 2.21. The average molecular weight is 255 g/mol. The van der Waals surface area contributed by atoms with Gasteiger partial charge in [0.2, 0.25) is 0 Å². The van der Waals surface area contributed by atoms with Crippen molar-refractivity contribution in [1.82, 2.24) is 4.90 Å². The lowest BCUT2D eigenvalue weighted by atomic mass is 10.1. The number of halogens is 2. The molecule has 0 amide bonds. The predicted octanol–water partition coefficient (Wildman–Crippen LogP) is 3.22. The largest absolute Gasteiger partial charge is 0.490 e. The van der Waals surface area contributed by atoms with Gasteiger partial charge in [0.15, 0.2) is 11.6 Å². The van der Waals surface area contributed by atoms with E-state index in [1.807, 2.05) is 0 Å². The van der Waals surface area contributed by atoms with Gasteiger partial charge in [-0.05, 0) is 37.9 Å². The number of hydrogen-bond donors (Lipinski definition) is 0. The molecule has 2 nitrogen and oxygen atoms in total. The van der Waals surface area contributed by atoms with Crippen LogP contribution in [0.3, 0.4) is 0 Å². The maximum atomic E-state index is 13.0. The van der Waals surface area contributed by atoms with E-state index in [9.17, 15) is 8.78 Å². The number of ether oxygens (including phenoxy) is 1. The molecule has 1 aromatic rings. The van der Waals surface area contributed by atoms with E-state index in [2.05, 4.69) is 11.8 Å². The summed E-state index contributed by atoms with van der Waals surface area (Å²) in [5.74, 6) is -1.26. The molecule has 0 bridgehead atoms. The maximum absolute atomic E-state index is 13.0. The van der Waals surface area contributed by atoms with E-state index in [1.165, 1.54) is 6.07 Å². The van der Waals surface area contributed by atoms with Crippen molar-refractivity contribution >= 4 is 0 Å². The summed E-state index contributed by atoms with van der Waals surface area (Å²) in [4.78, 5) is 2.41. The second-order valence-electron chi connectivity index (χ2n) is 4.73. The third-order valence-electron chi connectivity index (χ3n) is 3.27. The fourth-order valence-corrected chi connectivity index (χ4v) is 2.31. The normalized spacial score (nSPS) is 17.9. The molecule has 100 valence electrons. The molecular weight excluding hydrogens is 236 g/mol. The Morgan fingerprint density at radius 1 is 1.22 bits per heavy atom. The topological polar surface area (TPSA) is 12.5 Å². The van der Waals surface area contributed by atoms with Gasteiger partial charge in [0.05, 0.1) is 0 Å². The van der Waals surface area contributed by atoms with Crippen LogP contribution in [-0.4, -0.2) is 30.6 Å². The van der Waals surface area contributed by atoms with E-state index in [4.69, 9.17) is 4.74 Å². The average Bonchev–Trinajstić information content (AvgIpc) is 2.37. The first-order valence-corrected chi connectivity index (χ1v) is 6.53. The molecular formula is C14H19F2NO. The molecule has 1 fully saturated rings. The van der Waals surface area contributed by atoms with Crippen LogP contribution in [0.4, 0.5) is 8.78 Å². The summed E-state index contributed by atoms with van der Waals surface area (Å²) < 4.78 is 31.5. The Hall–Kier alpha value is -1.16. The molecule has 0 unspecified atom stereocenters. The second kappa shape index (κ2) is 6.14. The quantitative estimate of drug-likeness (QED) is 0.819. The molecule has 0 N–H and O–H groups in total. The Morgan fingerprint density at radius 3 is 2.56 bits per heavy atom. The molecule has 0 atom stereocenters. The summed E-state index contributed by atoms with van der Waals surface area (Å²) in [6.07, 6.45) is 3.16. The first-order valence-electron chi connectivity index (χ1n) is 6.53. The van der Waals surface area contributed by atoms with Crippen molar-refractivity contribution < 1.29 is 13.5 Å². The van der Waals surface area contributed by atoms with Crippen LogP contribution in [0.15, 0.2) is 18.2 Å². The van der Waals surface area contributed by atoms with Crippen LogP contribution < -0.4 is 4.74 Å². The fraction of sp³-hybridized carbons (Fsp3) is 0.571. The van der Waals surface area contributed by atoms with E-state index in [0.29, 0.717) is 5.75 Å². The van der Waals surface area contributed by atoms with Gasteiger partial charge in [0.1, 0.15) is 11.9 Å². The molecule has 1 aromatic carbocycles. The summed E-state index contributed by atoms with van der Waals surface area (Å²) in [6.45, 7) is 5.33.